The van der Waals surface area contributed by atoms with E-state index in [0.29, 0.717) is 11.1 Å². The number of aliphatic carboxylic acids is 1. The summed E-state index contributed by atoms with van der Waals surface area (Å²) in [5.41, 5.74) is 2.16. The predicted octanol–water partition coefficient (Wildman–Crippen LogP) is 3.13. The maximum atomic E-state index is 12.8. The third-order valence-electron chi connectivity index (χ3n) is 4.66. The molecule has 2 aromatic carbocycles. The molecule has 0 saturated carbocycles. The van der Waals surface area contributed by atoms with Gasteiger partial charge in [0, 0.05) is 23.6 Å². The minimum absolute atomic E-state index is 0.110. The molecule has 2 atom stereocenters. The van der Waals surface area contributed by atoms with E-state index in [2.05, 4.69) is 5.32 Å². The molecule has 2 aromatic rings. The average molecular weight is 428 g/mol. The first-order valence-corrected chi connectivity index (χ1v) is 9.64. The number of carboxylic acid groups (broad SMARTS) is 1. The number of aryl methyl sites for hydroxylation is 2. The first-order chi connectivity index (χ1) is 14.6. The van der Waals surface area contributed by atoms with E-state index < -0.39 is 34.7 Å². The van der Waals surface area contributed by atoms with Crippen LogP contribution >= 0.6 is 0 Å². The lowest BCUT2D eigenvalue weighted by Crippen LogP contribution is -2.45. The van der Waals surface area contributed by atoms with Crippen molar-refractivity contribution in [2.45, 2.75) is 39.2 Å². The van der Waals surface area contributed by atoms with Crippen molar-refractivity contribution >= 4 is 23.5 Å². The first kappa shape index (κ1) is 23.5. The number of nitrogens with one attached hydrogen (secondary N) is 1. The van der Waals surface area contributed by atoms with Gasteiger partial charge in [-0.25, -0.2) is 4.79 Å². The number of benzene rings is 2. The van der Waals surface area contributed by atoms with Crippen molar-refractivity contribution in [2.75, 3.05) is 6.61 Å². The molecule has 0 aliphatic heterocycles. The summed E-state index contributed by atoms with van der Waals surface area (Å²) in [4.78, 5) is 47.3. The smallest absolute Gasteiger partial charge is 0.326 e. The number of esters is 1. The lowest BCUT2D eigenvalue weighted by atomic mass is 9.88. The van der Waals surface area contributed by atoms with E-state index in [9.17, 15) is 29.6 Å². The van der Waals surface area contributed by atoms with E-state index in [1.165, 1.54) is 24.3 Å². The monoisotopic (exact) mass is 428 g/mol. The quantitative estimate of drug-likeness (QED) is 0.356. The maximum absolute atomic E-state index is 12.8. The molecule has 0 heterocycles. The van der Waals surface area contributed by atoms with Crippen LogP contribution in [0.4, 0.5) is 5.69 Å². The SMILES string of the molecule is CCOC(=O)C[C@H](c1ccc([N+](=O)[O-])cc1)[C@@H](NC(=O)c1cc(C)cc(C)c1)C(=O)O. The Bertz CT molecular complexity index is 966. The molecule has 0 unspecified atom stereocenters. The molecule has 0 spiro atoms. The van der Waals surface area contributed by atoms with Crippen LogP contribution in [0.5, 0.6) is 0 Å². The second-order valence-corrected chi connectivity index (χ2v) is 7.13. The van der Waals surface area contributed by atoms with E-state index in [1.807, 2.05) is 19.9 Å². The van der Waals surface area contributed by atoms with Crippen LogP contribution in [-0.4, -0.2) is 40.5 Å². The number of hydrogen-bond donors (Lipinski definition) is 2. The van der Waals surface area contributed by atoms with Gasteiger partial charge in [0.25, 0.3) is 11.6 Å². The van der Waals surface area contributed by atoms with Crippen molar-refractivity contribution in [2.24, 2.45) is 0 Å². The highest BCUT2D eigenvalue weighted by Crippen LogP contribution is 2.27. The van der Waals surface area contributed by atoms with Gasteiger partial charge >= 0.3 is 11.9 Å². The number of non-ortho nitro benzene ring substituents is 1. The molecule has 2 rings (SSSR count). The van der Waals surface area contributed by atoms with Crippen LogP contribution in [0.2, 0.25) is 0 Å². The first-order valence-electron chi connectivity index (χ1n) is 9.64. The van der Waals surface area contributed by atoms with Gasteiger partial charge in [0.05, 0.1) is 18.0 Å². The summed E-state index contributed by atoms with van der Waals surface area (Å²) in [5.74, 6) is -3.58. The van der Waals surface area contributed by atoms with Crippen LogP contribution in [0, 0.1) is 24.0 Å². The summed E-state index contributed by atoms with van der Waals surface area (Å²) in [6.45, 7) is 5.37. The third-order valence-corrected chi connectivity index (χ3v) is 4.66. The number of nitrogens with zero attached hydrogens (tertiary/aromatic N) is 1. The zero-order valence-corrected chi connectivity index (χ0v) is 17.5. The van der Waals surface area contributed by atoms with Gasteiger partial charge in [-0.3, -0.25) is 19.7 Å². The number of carbonyl (C=O) groups is 3. The van der Waals surface area contributed by atoms with Crippen molar-refractivity contribution < 1.29 is 29.2 Å². The van der Waals surface area contributed by atoms with Crippen LogP contribution in [-0.2, 0) is 14.3 Å². The fourth-order valence-electron chi connectivity index (χ4n) is 3.34. The molecule has 0 aliphatic rings. The summed E-state index contributed by atoms with van der Waals surface area (Å²) in [7, 11) is 0. The molecule has 1 amide bonds. The maximum Gasteiger partial charge on any atom is 0.326 e. The highest BCUT2D eigenvalue weighted by atomic mass is 16.6. The molecule has 0 saturated heterocycles. The summed E-state index contributed by atoms with van der Waals surface area (Å²) in [6, 6.07) is 8.88. The van der Waals surface area contributed by atoms with E-state index in [-0.39, 0.29) is 18.7 Å². The number of rotatable bonds is 9. The third kappa shape index (κ3) is 6.36. The molecule has 0 aromatic heterocycles. The van der Waals surface area contributed by atoms with E-state index in [0.717, 1.165) is 11.1 Å². The Labute approximate surface area is 179 Å². The fraction of sp³-hybridized carbons (Fsp3) is 0.318. The van der Waals surface area contributed by atoms with Gasteiger partial charge in [-0.1, -0.05) is 29.3 Å². The van der Waals surface area contributed by atoms with Gasteiger partial charge in [-0.15, -0.1) is 0 Å². The number of hydrogen-bond acceptors (Lipinski definition) is 6. The Balaban J connectivity index is 2.40. The van der Waals surface area contributed by atoms with E-state index >= 15 is 0 Å². The molecule has 0 aliphatic carbocycles. The zero-order chi connectivity index (χ0) is 23.1. The summed E-state index contributed by atoms with van der Waals surface area (Å²) < 4.78 is 4.95. The zero-order valence-electron chi connectivity index (χ0n) is 17.5. The number of nitro benzene ring substituents is 1. The normalized spacial score (nSPS) is 12.5. The second kappa shape index (κ2) is 10.3. The number of amides is 1. The number of carboxylic acids is 1. The van der Waals surface area contributed by atoms with Crippen molar-refractivity contribution in [3.8, 4) is 0 Å². The van der Waals surface area contributed by atoms with Crippen LogP contribution in [0.1, 0.15) is 46.3 Å². The number of ether oxygens (including phenoxy) is 1. The Hall–Kier alpha value is -3.75. The van der Waals surface area contributed by atoms with Gasteiger partial charge in [-0.05, 0) is 38.5 Å². The molecule has 0 bridgehead atoms. The standard InChI is InChI=1S/C22H24N2O7/c1-4-31-19(25)12-18(15-5-7-17(8-6-15)24(29)30)20(22(27)28)23-21(26)16-10-13(2)9-14(3)11-16/h5-11,18,20H,4,12H2,1-3H3,(H,23,26)(H,27,28)/t18-,20-/m1/s1. The highest BCUT2D eigenvalue weighted by Gasteiger charge is 2.33. The molecule has 0 radical (unpaired) electrons. The van der Waals surface area contributed by atoms with Gasteiger partial charge in [0.2, 0.25) is 0 Å². The molecule has 164 valence electrons. The van der Waals surface area contributed by atoms with Crippen molar-refractivity contribution in [3.63, 3.8) is 0 Å². The van der Waals surface area contributed by atoms with Crippen molar-refractivity contribution in [1.29, 1.82) is 0 Å². The molecular weight excluding hydrogens is 404 g/mol. The lowest BCUT2D eigenvalue weighted by molar-refractivity contribution is -0.384. The van der Waals surface area contributed by atoms with Gasteiger partial charge in [0.1, 0.15) is 6.04 Å². The van der Waals surface area contributed by atoms with Crippen LogP contribution < -0.4 is 5.32 Å². The number of carbonyl (C=O) groups excluding carboxylic acids is 2. The van der Waals surface area contributed by atoms with Crippen LogP contribution in [0.25, 0.3) is 0 Å². The molecule has 9 heteroatoms. The molecule has 0 fully saturated rings. The minimum Gasteiger partial charge on any atom is -0.480 e. The van der Waals surface area contributed by atoms with Crippen molar-refractivity contribution in [1.82, 2.24) is 5.32 Å². The molecule has 9 nitrogen and oxygen atoms in total. The molecular formula is C22H24N2O7. The Morgan fingerprint density at radius 1 is 1.10 bits per heavy atom. The largest absolute Gasteiger partial charge is 0.480 e. The predicted molar refractivity (Wildman–Crippen MR) is 112 cm³/mol. The van der Waals surface area contributed by atoms with E-state index in [4.69, 9.17) is 4.74 Å². The van der Waals surface area contributed by atoms with Gasteiger partial charge < -0.3 is 15.2 Å². The summed E-state index contributed by atoms with van der Waals surface area (Å²) >= 11 is 0. The second-order valence-electron chi connectivity index (χ2n) is 7.13. The Morgan fingerprint density at radius 2 is 1.68 bits per heavy atom. The average Bonchev–Trinajstić information content (AvgIpc) is 2.69. The fourth-order valence-corrected chi connectivity index (χ4v) is 3.34. The summed E-state index contributed by atoms with van der Waals surface area (Å²) in [5, 5.41) is 23.2. The lowest BCUT2D eigenvalue weighted by Gasteiger charge is -2.25. The van der Waals surface area contributed by atoms with Gasteiger partial charge in [-0.2, -0.15) is 0 Å². The van der Waals surface area contributed by atoms with E-state index in [1.54, 1.807) is 19.1 Å². The minimum atomic E-state index is -1.46. The Kier molecular flexibility index (Phi) is 7.84. The molecule has 31 heavy (non-hydrogen) atoms. The summed E-state index contributed by atoms with van der Waals surface area (Å²) in [6.07, 6.45) is -0.324. The Morgan fingerprint density at radius 3 is 2.16 bits per heavy atom. The van der Waals surface area contributed by atoms with Crippen LogP contribution in [0.15, 0.2) is 42.5 Å². The van der Waals surface area contributed by atoms with Crippen LogP contribution in [0.3, 0.4) is 0 Å². The topological polar surface area (TPSA) is 136 Å². The highest BCUT2D eigenvalue weighted by molar-refractivity contribution is 5.97. The van der Waals surface area contributed by atoms with Gasteiger partial charge in [0.15, 0.2) is 0 Å². The number of nitro groups is 1. The van der Waals surface area contributed by atoms with Crippen molar-refractivity contribution in [3.05, 3.63) is 74.8 Å². The molecule has 2 N–H and O–H groups in total.